The first-order valence-corrected chi connectivity index (χ1v) is 9.60. The summed E-state index contributed by atoms with van der Waals surface area (Å²) in [5.41, 5.74) is 0. The third-order valence-electron chi connectivity index (χ3n) is 3.94. The van der Waals surface area contributed by atoms with Crippen LogP contribution in [0.5, 0.6) is 0 Å². The molecule has 0 radical (unpaired) electrons. The second-order valence-electron chi connectivity index (χ2n) is 5.55. The van der Waals surface area contributed by atoms with Gasteiger partial charge in [-0.05, 0) is 79.1 Å². The topological polar surface area (TPSA) is 49.4 Å². The molecule has 2 fully saturated rings. The molecule has 110 valence electrons. The summed E-state index contributed by atoms with van der Waals surface area (Å²) in [4.78, 5) is 0.419. The minimum Gasteiger partial charge on any atom is -0.313 e. The average molecular weight is 406 g/mol. The van der Waals surface area contributed by atoms with Crippen molar-refractivity contribution in [2.45, 2.75) is 42.7 Å². The molecule has 1 aliphatic heterocycles. The number of hydrogen-bond donors (Lipinski definition) is 1. The molecule has 1 saturated heterocycles. The lowest BCUT2D eigenvalue weighted by molar-refractivity contribution is 0.363. The third-order valence-corrected chi connectivity index (χ3v) is 6.59. The average Bonchev–Trinajstić information content (AvgIpc) is 3.12. The Morgan fingerprint density at radius 1 is 1.20 bits per heavy atom. The van der Waals surface area contributed by atoms with E-state index in [4.69, 9.17) is 0 Å². The van der Waals surface area contributed by atoms with Crippen molar-refractivity contribution in [3.63, 3.8) is 0 Å². The molecule has 20 heavy (non-hydrogen) atoms. The number of sulfonamides is 1. The number of nitrogens with zero attached hydrogens (tertiary/aromatic N) is 1. The lowest BCUT2D eigenvalue weighted by Gasteiger charge is -2.25. The maximum absolute atomic E-state index is 12.8. The van der Waals surface area contributed by atoms with Crippen LogP contribution in [0.25, 0.3) is 0 Å². The summed E-state index contributed by atoms with van der Waals surface area (Å²) in [5, 5.41) is 3.40. The van der Waals surface area contributed by atoms with Gasteiger partial charge in [0.2, 0.25) is 10.0 Å². The van der Waals surface area contributed by atoms with Crippen molar-refractivity contribution >= 4 is 32.6 Å². The Hall–Kier alpha value is -0.180. The van der Waals surface area contributed by atoms with Crippen molar-refractivity contribution in [3.05, 3.63) is 27.8 Å². The minimum absolute atomic E-state index is 0.210. The number of rotatable bonds is 5. The van der Waals surface area contributed by atoms with E-state index in [-0.39, 0.29) is 6.04 Å². The van der Waals surface area contributed by atoms with E-state index >= 15 is 0 Å². The van der Waals surface area contributed by atoms with Gasteiger partial charge >= 0.3 is 0 Å². The van der Waals surface area contributed by atoms with Crippen LogP contribution in [0, 0.1) is 3.57 Å². The van der Waals surface area contributed by atoms with Gasteiger partial charge in [-0.2, -0.15) is 4.31 Å². The summed E-state index contributed by atoms with van der Waals surface area (Å²) in [7, 11) is -3.35. The second-order valence-corrected chi connectivity index (χ2v) is 8.69. The van der Waals surface area contributed by atoms with Gasteiger partial charge < -0.3 is 5.32 Å². The fourth-order valence-electron chi connectivity index (χ4n) is 2.68. The molecule has 3 rings (SSSR count). The van der Waals surface area contributed by atoms with Crippen molar-refractivity contribution < 1.29 is 8.42 Å². The Labute approximate surface area is 134 Å². The standard InChI is InChI=1S/C14H19IN2O2S/c15-11-3-7-14(8-4-11)20(18,19)17(13-5-6-13)10-12-2-1-9-16-12/h3-4,7-8,12-13,16H,1-2,5-6,9-10H2. The van der Waals surface area contributed by atoms with Crippen LogP contribution >= 0.6 is 22.6 Å². The van der Waals surface area contributed by atoms with Gasteiger partial charge in [0, 0.05) is 22.2 Å². The molecule has 2 aliphatic rings. The molecule has 1 unspecified atom stereocenters. The quantitative estimate of drug-likeness (QED) is 0.763. The second kappa shape index (κ2) is 5.90. The van der Waals surface area contributed by atoms with Crippen molar-refractivity contribution in [1.82, 2.24) is 9.62 Å². The van der Waals surface area contributed by atoms with E-state index in [1.807, 2.05) is 12.1 Å². The van der Waals surface area contributed by atoms with Crippen molar-refractivity contribution in [2.24, 2.45) is 0 Å². The van der Waals surface area contributed by atoms with E-state index in [1.165, 1.54) is 0 Å². The number of halogens is 1. The highest BCUT2D eigenvalue weighted by molar-refractivity contribution is 14.1. The maximum atomic E-state index is 12.8. The van der Waals surface area contributed by atoms with Crippen molar-refractivity contribution in [2.75, 3.05) is 13.1 Å². The first-order chi connectivity index (χ1) is 9.57. The monoisotopic (exact) mass is 406 g/mol. The van der Waals surface area contributed by atoms with Gasteiger partial charge in [-0.1, -0.05) is 0 Å². The van der Waals surface area contributed by atoms with E-state index < -0.39 is 10.0 Å². The first-order valence-electron chi connectivity index (χ1n) is 7.08. The molecule has 0 spiro atoms. The third kappa shape index (κ3) is 3.18. The predicted octanol–water partition coefficient (Wildman–Crippen LogP) is 2.20. The highest BCUT2D eigenvalue weighted by atomic mass is 127. The van der Waals surface area contributed by atoms with Crippen molar-refractivity contribution in [3.8, 4) is 0 Å². The number of benzene rings is 1. The molecule has 1 aromatic rings. The zero-order valence-electron chi connectivity index (χ0n) is 11.3. The Morgan fingerprint density at radius 3 is 2.45 bits per heavy atom. The molecule has 1 atom stereocenters. The summed E-state index contributed by atoms with van der Waals surface area (Å²) in [5.74, 6) is 0. The normalized spacial score (nSPS) is 23.4. The predicted molar refractivity (Wildman–Crippen MR) is 87.1 cm³/mol. The van der Waals surface area contributed by atoms with E-state index in [1.54, 1.807) is 16.4 Å². The van der Waals surface area contributed by atoms with Gasteiger partial charge in [-0.15, -0.1) is 0 Å². The van der Waals surface area contributed by atoms with Gasteiger partial charge in [0.1, 0.15) is 0 Å². The fraction of sp³-hybridized carbons (Fsp3) is 0.571. The molecule has 1 N–H and O–H groups in total. The van der Waals surface area contributed by atoms with E-state index in [2.05, 4.69) is 27.9 Å². The van der Waals surface area contributed by atoms with Crippen LogP contribution in [0.4, 0.5) is 0 Å². The number of nitrogens with one attached hydrogen (secondary N) is 1. The van der Waals surface area contributed by atoms with Crippen LogP contribution in [-0.2, 0) is 10.0 Å². The molecule has 1 heterocycles. The number of hydrogen-bond acceptors (Lipinski definition) is 3. The van der Waals surface area contributed by atoms with Gasteiger partial charge in [-0.25, -0.2) is 8.42 Å². The molecule has 1 aromatic carbocycles. The molecule has 1 aliphatic carbocycles. The fourth-order valence-corrected chi connectivity index (χ4v) is 4.77. The summed E-state index contributed by atoms with van der Waals surface area (Å²) >= 11 is 2.19. The molecule has 1 saturated carbocycles. The smallest absolute Gasteiger partial charge is 0.243 e. The summed E-state index contributed by atoms with van der Waals surface area (Å²) in [6, 6.07) is 7.66. The van der Waals surface area contributed by atoms with Gasteiger partial charge in [-0.3, -0.25) is 0 Å². The van der Waals surface area contributed by atoms with E-state index in [0.717, 1.165) is 35.8 Å². The van der Waals surface area contributed by atoms with Crippen LogP contribution in [0.15, 0.2) is 29.2 Å². The molecule has 0 bridgehead atoms. The Morgan fingerprint density at radius 2 is 1.90 bits per heavy atom. The van der Waals surface area contributed by atoms with Crippen LogP contribution in [0.1, 0.15) is 25.7 Å². The van der Waals surface area contributed by atoms with Crippen molar-refractivity contribution in [1.29, 1.82) is 0 Å². The molecular formula is C14H19IN2O2S. The SMILES string of the molecule is O=S(=O)(c1ccc(I)cc1)N(CC1CCCN1)C1CC1. The zero-order valence-corrected chi connectivity index (χ0v) is 14.2. The first kappa shape index (κ1) is 14.7. The summed E-state index contributed by atoms with van der Waals surface area (Å²) in [6.07, 6.45) is 4.21. The van der Waals surface area contributed by atoms with E-state index in [0.29, 0.717) is 17.5 Å². The lowest BCUT2D eigenvalue weighted by atomic mass is 10.2. The Bertz CT molecular complexity index is 563. The van der Waals surface area contributed by atoms with Gasteiger partial charge in [0.05, 0.1) is 4.90 Å². The van der Waals surface area contributed by atoms with Crippen LogP contribution in [-0.4, -0.2) is 37.9 Å². The molecule has 6 heteroatoms. The molecule has 0 aromatic heterocycles. The highest BCUT2D eigenvalue weighted by Crippen LogP contribution is 2.32. The van der Waals surface area contributed by atoms with Gasteiger partial charge in [0.15, 0.2) is 0 Å². The van der Waals surface area contributed by atoms with Gasteiger partial charge in [0.25, 0.3) is 0 Å². The minimum atomic E-state index is -3.35. The van der Waals surface area contributed by atoms with Crippen LogP contribution in [0.3, 0.4) is 0 Å². The Kier molecular flexibility index (Phi) is 4.35. The highest BCUT2D eigenvalue weighted by Gasteiger charge is 2.39. The lowest BCUT2D eigenvalue weighted by Crippen LogP contribution is -2.42. The zero-order chi connectivity index (χ0) is 14.2. The maximum Gasteiger partial charge on any atom is 0.243 e. The van der Waals surface area contributed by atoms with Crippen LogP contribution < -0.4 is 5.32 Å². The molecular weight excluding hydrogens is 387 g/mol. The molecule has 4 nitrogen and oxygen atoms in total. The molecule has 0 amide bonds. The Balaban J connectivity index is 1.83. The largest absolute Gasteiger partial charge is 0.313 e. The summed E-state index contributed by atoms with van der Waals surface area (Å²) in [6.45, 7) is 1.62. The van der Waals surface area contributed by atoms with Crippen LogP contribution in [0.2, 0.25) is 0 Å². The van der Waals surface area contributed by atoms with E-state index in [9.17, 15) is 8.42 Å². The summed E-state index contributed by atoms with van der Waals surface area (Å²) < 4.78 is 28.4.